The Hall–Kier alpha value is -1.10. The third-order valence-electron chi connectivity index (χ3n) is 1.63. The summed E-state index contributed by atoms with van der Waals surface area (Å²) < 4.78 is 0. The van der Waals surface area contributed by atoms with E-state index in [1.165, 1.54) is 4.90 Å². The summed E-state index contributed by atoms with van der Waals surface area (Å²) in [6, 6.07) is -0.427. The number of imide groups is 1. The van der Waals surface area contributed by atoms with Crippen LogP contribution in [-0.4, -0.2) is 42.6 Å². The predicted octanol–water partition coefficient (Wildman–Crippen LogP) is 0.0779. The Morgan fingerprint density at radius 3 is 2.58 bits per heavy atom. The van der Waals surface area contributed by atoms with Crippen molar-refractivity contribution in [2.45, 2.75) is 6.92 Å². The highest BCUT2D eigenvalue weighted by Crippen LogP contribution is 2.14. The van der Waals surface area contributed by atoms with Crippen molar-refractivity contribution in [3.63, 3.8) is 0 Å². The minimum atomic E-state index is -0.427. The van der Waals surface area contributed by atoms with E-state index >= 15 is 0 Å². The van der Waals surface area contributed by atoms with Gasteiger partial charge in [-0.3, -0.25) is 9.63 Å². The third-order valence-corrected chi connectivity index (χ3v) is 1.63. The first-order valence-corrected chi connectivity index (χ1v) is 3.72. The summed E-state index contributed by atoms with van der Waals surface area (Å²) in [5.74, 6) is -0.484. The molecule has 0 aliphatic carbocycles. The Labute approximate surface area is 70.8 Å². The molecule has 1 rings (SSSR count). The number of carbonyl (C=O) groups excluding carboxylic acids is 2. The molecule has 0 bridgehead atoms. The largest absolute Gasteiger partial charge is 0.350 e. The van der Waals surface area contributed by atoms with Crippen LogP contribution in [0, 0.1) is 5.92 Å². The second kappa shape index (κ2) is 3.10. The molecule has 1 heterocycles. The van der Waals surface area contributed by atoms with Crippen molar-refractivity contribution in [3.8, 4) is 0 Å². The summed E-state index contributed by atoms with van der Waals surface area (Å²) in [7, 11) is 3.14. The van der Waals surface area contributed by atoms with E-state index in [0.29, 0.717) is 6.61 Å². The van der Waals surface area contributed by atoms with Crippen LogP contribution >= 0.6 is 0 Å². The number of carbonyl (C=O) groups is 2. The highest BCUT2D eigenvalue weighted by Gasteiger charge is 2.35. The van der Waals surface area contributed by atoms with Crippen molar-refractivity contribution in [1.29, 1.82) is 0 Å². The molecule has 0 radical (unpaired) electrons. The summed E-state index contributed by atoms with van der Waals surface area (Å²) in [5, 5.41) is 0.810. The normalized spacial score (nSPS) is 23.1. The molecule has 5 heteroatoms. The zero-order chi connectivity index (χ0) is 9.30. The second-order valence-corrected chi connectivity index (χ2v) is 3.01. The molecule has 1 saturated heterocycles. The quantitative estimate of drug-likeness (QED) is 0.520. The van der Waals surface area contributed by atoms with Gasteiger partial charge in [0.2, 0.25) is 0 Å². The highest BCUT2D eigenvalue weighted by molar-refractivity contribution is 5.94. The van der Waals surface area contributed by atoms with Crippen LogP contribution in [-0.2, 0) is 9.63 Å². The van der Waals surface area contributed by atoms with Gasteiger partial charge in [0.05, 0.1) is 12.5 Å². The molecule has 1 aliphatic rings. The molecule has 0 aromatic carbocycles. The van der Waals surface area contributed by atoms with Gasteiger partial charge in [-0.05, 0) is 0 Å². The maximum atomic E-state index is 11.2. The number of rotatable bonds is 0. The van der Waals surface area contributed by atoms with Gasteiger partial charge >= 0.3 is 6.03 Å². The molecule has 12 heavy (non-hydrogen) atoms. The van der Waals surface area contributed by atoms with E-state index in [4.69, 9.17) is 4.84 Å². The van der Waals surface area contributed by atoms with Crippen LogP contribution in [0.1, 0.15) is 6.92 Å². The Morgan fingerprint density at radius 2 is 2.25 bits per heavy atom. The van der Waals surface area contributed by atoms with Gasteiger partial charge in [0.15, 0.2) is 0 Å². The van der Waals surface area contributed by atoms with Gasteiger partial charge < -0.3 is 4.90 Å². The fourth-order valence-corrected chi connectivity index (χ4v) is 0.853. The number of hydroxylamine groups is 2. The molecule has 0 saturated carbocycles. The summed E-state index contributed by atoms with van der Waals surface area (Å²) in [4.78, 5) is 28.6. The fraction of sp³-hybridized carbons (Fsp3) is 0.714. The lowest BCUT2D eigenvalue weighted by atomic mass is 10.2. The summed E-state index contributed by atoms with van der Waals surface area (Å²) >= 11 is 0. The van der Waals surface area contributed by atoms with E-state index in [2.05, 4.69) is 0 Å². The van der Waals surface area contributed by atoms with Crippen molar-refractivity contribution in [2.24, 2.45) is 5.92 Å². The Kier molecular flexibility index (Phi) is 2.32. The Balaban J connectivity index is 2.66. The van der Waals surface area contributed by atoms with Crippen molar-refractivity contribution in [2.75, 3.05) is 20.7 Å². The second-order valence-electron chi connectivity index (χ2n) is 3.01. The monoisotopic (exact) mass is 172 g/mol. The molecule has 68 valence electrons. The molecule has 5 nitrogen and oxygen atoms in total. The molecule has 1 unspecified atom stereocenters. The number of nitrogens with zero attached hydrogens (tertiary/aromatic N) is 2. The van der Waals surface area contributed by atoms with E-state index in [1.54, 1.807) is 21.0 Å². The van der Waals surface area contributed by atoms with Gasteiger partial charge in [0.1, 0.15) is 0 Å². The molecule has 1 aliphatic heterocycles. The topological polar surface area (TPSA) is 49.9 Å². The lowest BCUT2D eigenvalue weighted by molar-refractivity contribution is -0.149. The standard InChI is InChI=1S/C7H12N2O3/c1-5-4-12-9(6(5)10)7(11)8(2)3/h5H,4H2,1-3H3. The minimum Gasteiger partial charge on any atom is -0.329 e. The maximum Gasteiger partial charge on any atom is 0.350 e. The Bertz CT molecular complexity index is 215. The third kappa shape index (κ3) is 1.40. The number of urea groups is 1. The Morgan fingerprint density at radius 1 is 1.67 bits per heavy atom. The van der Waals surface area contributed by atoms with E-state index in [1.807, 2.05) is 0 Å². The van der Waals surface area contributed by atoms with Gasteiger partial charge in [-0.2, -0.15) is 0 Å². The lowest BCUT2D eigenvalue weighted by Crippen LogP contribution is -2.39. The fourth-order valence-electron chi connectivity index (χ4n) is 0.853. The van der Waals surface area contributed by atoms with Crippen molar-refractivity contribution in [3.05, 3.63) is 0 Å². The van der Waals surface area contributed by atoms with Crippen LogP contribution < -0.4 is 0 Å². The number of hydrogen-bond donors (Lipinski definition) is 0. The first-order valence-electron chi connectivity index (χ1n) is 3.72. The van der Waals surface area contributed by atoms with Crippen molar-refractivity contribution in [1.82, 2.24) is 9.96 Å². The van der Waals surface area contributed by atoms with Gasteiger partial charge in [0.25, 0.3) is 5.91 Å². The van der Waals surface area contributed by atoms with Gasteiger partial charge in [-0.25, -0.2) is 4.79 Å². The molecule has 1 atom stereocenters. The van der Waals surface area contributed by atoms with E-state index in [0.717, 1.165) is 5.06 Å². The van der Waals surface area contributed by atoms with Crippen molar-refractivity contribution < 1.29 is 14.4 Å². The number of hydrogen-bond acceptors (Lipinski definition) is 3. The van der Waals surface area contributed by atoms with Crippen LogP contribution in [0.25, 0.3) is 0 Å². The zero-order valence-electron chi connectivity index (χ0n) is 7.40. The average molecular weight is 172 g/mol. The summed E-state index contributed by atoms with van der Waals surface area (Å²) in [5.41, 5.74) is 0. The molecule has 3 amide bonds. The highest BCUT2D eigenvalue weighted by atomic mass is 16.7. The van der Waals surface area contributed by atoms with Crippen LogP contribution in [0.2, 0.25) is 0 Å². The van der Waals surface area contributed by atoms with Crippen LogP contribution in [0.4, 0.5) is 4.79 Å². The van der Waals surface area contributed by atoms with Gasteiger partial charge in [-0.1, -0.05) is 6.92 Å². The smallest absolute Gasteiger partial charge is 0.329 e. The summed E-state index contributed by atoms with van der Waals surface area (Å²) in [6.07, 6.45) is 0. The van der Waals surface area contributed by atoms with E-state index in [-0.39, 0.29) is 11.8 Å². The molecule has 0 N–H and O–H groups in total. The van der Waals surface area contributed by atoms with Gasteiger partial charge in [0, 0.05) is 14.1 Å². The lowest BCUT2D eigenvalue weighted by Gasteiger charge is -2.17. The van der Waals surface area contributed by atoms with Crippen LogP contribution in [0.3, 0.4) is 0 Å². The molecule has 0 aromatic heterocycles. The average Bonchev–Trinajstić information content (AvgIpc) is 2.32. The molecule has 1 fully saturated rings. The van der Waals surface area contributed by atoms with Crippen LogP contribution in [0.5, 0.6) is 0 Å². The van der Waals surface area contributed by atoms with E-state index < -0.39 is 6.03 Å². The van der Waals surface area contributed by atoms with Gasteiger partial charge in [-0.15, -0.1) is 5.06 Å². The zero-order valence-corrected chi connectivity index (χ0v) is 7.40. The predicted molar refractivity (Wildman–Crippen MR) is 41.0 cm³/mol. The van der Waals surface area contributed by atoms with E-state index in [9.17, 15) is 9.59 Å². The SMILES string of the molecule is CC1CON(C(=O)N(C)C)C1=O. The first-order chi connectivity index (χ1) is 5.54. The van der Waals surface area contributed by atoms with Crippen molar-refractivity contribution >= 4 is 11.9 Å². The molecule has 0 aromatic rings. The maximum absolute atomic E-state index is 11.2. The molecular formula is C7H12N2O3. The molecule has 0 spiro atoms. The summed E-state index contributed by atoms with van der Waals surface area (Å²) in [6.45, 7) is 2.02. The minimum absolute atomic E-state index is 0.214. The van der Waals surface area contributed by atoms with Crippen LogP contribution in [0.15, 0.2) is 0 Å². The molecular weight excluding hydrogens is 160 g/mol. The first kappa shape index (κ1) is 8.99. The number of amides is 3.